The van der Waals surface area contributed by atoms with Crippen molar-refractivity contribution in [1.29, 1.82) is 0 Å². The van der Waals surface area contributed by atoms with Crippen LogP contribution in [-0.4, -0.2) is 10.1 Å². The summed E-state index contributed by atoms with van der Waals surface area (Å²) >= 11 is 0. The van der Waals surface area contributed by atoms with Crippen LogP contribution in [0.4, 0.5) is 0 Å². The minimum absolute atomic E-state index is 0.0592. The molecule has 2 aromatic rings. The van der Waals surface area contributed by atoms with E-state index in [1.807, 2.05) is 37.3 Å². The molecule has 1 heterocycles. The molecule has 0 fully saturated rings. The van der Waals surface area contributed by atoms with E-state index in [4.69, 9.17) is 5.11 Å². The number of benzene rings is 1. The van der Waals surface area contributed by atoms with E-state index in [-0.39, 0.29) is 6.61 Å². The molecule has 0 amide bonds. The van der Waals surface area contributed by atoms with Gasteiger partial charge in [0, 0.05) is 11.1 Å². The Bertz CT molecular complexity index is 437. The van der Waals surface area contributed by atoms with Crippen molar-refractivity contribution >= 4 is 10.9 Å². The highest BCUT2D eigenvalue weighted by Gasteiger charge is 2.00. The molecule has 0 aliphatic heterocycles. The van der Waals surface area contributed by atoms with Gasteiger partial charge in [0.25, 0.3) is 0 Å². The van der Waals surface area contributed by atoms with Gasteiger partial charge in [0.05, 0.1) is 12.1 Å². The van der Waals surface area contributed by atoms with E-state index in [0.717, 1.165) is 22.2 Å². The van der Waals surface area contributed by atoms with Crippen LogP contribution in [0.15, 0.2) is 30.3 Å². The van der Waals surface area contributed by atoms with Crippen molar-refractivity contribution in [2.24, 2.45) is 0 Å². The highest BCUT2D eigenvalue weighted by molar-refractivity contribution is 5.79. The molecule has 1 N–H and O–H groups in total. The fourth-order valence-corrected chi connectivity index (χ4v) is 1.42. The molecule has 1 aromatic carbocycles. The van der Waals surface area contributed by atoms with E-state index in [1.165, 1.54) is 0 Å². The minimum atomic E-state index is 0.0592. The number of hydrogen-bond donors (Lipinski definition) is 1. The second-order valence-electron chi connectivity index (χ2n) is 3.08. The second-order valence-corrected chi connectivity index (χ2v) is 3.08. The highest BCUT2D eigenvalue weighted by Crippen LogP contribution is 2.15. The standard InChI is InChI=1S/C11H11NO/c1-8-10(7-13)6-9-4-2-3-5-11(9)12-8/h2-6,13H,7H2,1H3. The molecule has 0 bridgehead atoms. The number of aromatic nitrogens is 1. The predicted octanol–water partition coefficient (Wildman–Crippen LogP) is 2.04. The first-order valence-electron chi connectivity index (χ1n) is 4.27. The van der Waals surface area contributed by atoms with Crippen molar-refractivity contribution < 1.29 is 5.11 Å². The molecule has 2 heteroatoms. The fourth-order valence-electron chi connectivity index (χ4n) is 1.42. The number of aryl methyl sites for hydroxylation is 1. The Morgan fingerprint density at radius 2 is 2.08 bits per heavy atom. The smallest absolute Gasteiger partial charge is 0.0705 e. The van der Waals surface area contributed by atoms with E-state index in [2.05, 4.69) is 4.98 Å². The third-order valence-electron chi connectivity index (χ3n) is 2.19. The molecule has 0 aliphatic rings. The summed E-state index contributed by atoms with van der Waals surface area (Å²) in [5, 5.41) is 10.1. The van der Waals surface area contributed by atoms with Crippen molar-refractivity contribution in [1.82, 2.24) is 4.98 Å². The average molecular weight is 173 g/mol. The summed E-state index contributed by atoms with van der Waals surface area (Å²) < 4.78 is 0. The average Bonchev–Trinajstić information content (AvgIpc) is 2.17. The number of nitrogens with zero attached hydrogens (tertiary/aromatic N) is 1. The lowest BCUT2D eigenvalue weighted by atomic mass is 10.1. The number of pyridine rings is 1. The summed E-state index contributed by atoms with van der Waals surface area (Å²) in [6.07, 6.45) is 0. The Balaban J connectivity index is 2.74. The fraction of sp³-hybridized carbons (Fsp3) is 0.182. The number of para-hydroxylation sites is 1. The van der Waals surface area contributed by atoms with Gasteiger partial charge < -0.3 is 5.11 Å². The minimum Gasteiger partial charge on any atom is -0.392 e. The first-order chi connectivity index (χ1) is 6.31. The molecule has 0 unspecified atom stereocenters. The van der Waals surface area contributed by atoms with Crippen molar-refractivity contribution in [3.05, 3.63) is 41.6 Å². The van der Waals surface area contributed by atoms with E-state index in [9.17, 15) is 0 Å². The van der Waals surface area contributed by atoms with Gasteiger partial charge in [-0.2, -0.15) is 0 Å². The maximum absolute atomic E-state index is 9.04. The van der Waals surface area contributed by atoms with E-state index >= 15 is 0 Å². The van der Waals surface area contributed by atoms with E-state index in [1.54, 1.807) is 0 Å². The molecular weight excluding hydrogens is 162 g/mol. The largest absolute Gasteiger partial charge is 0.392 e. The topological polar surface area (TPSA) is 33.1 Å². The molecule has 0 saturated carbocycles. The van der Waals surface area contributed by atoms with Crippen molar-refractivity contribution in [3.63, 3.8) is 0 Å². The van der Waals surface area contributed by atoms with Crippen LogP contribution in [0.2, 0.25) is 0 Å². The molecule has 0 saturated heterocycles. The van der Waals surface area contributed by atoms with Crippen LogP contribution < -0.4 is 0 Å². The summed E-state index contributed by atoms with van der Waals surface area (Å²) in [7, 11) is 0. The van der Waals surface area contributed by atoms with Crippen molar-refractivity contribution in [2.75, 3.05) is 0 Å². The van der Waals surface area contributed by atoms with E-state index < -0.39 is 0 Å². The Hall–Kier alpha value is -1.41. The third-order valence-corrected chi connectivity index (χ3v) is 2.19. The van der Waals surface area contributed by atoms with Crippen LogP contribution in [0.5, 0.6) is 0 Å². The number of aliphatic hydroxyl groups is 1. The van der Waals surface area contributed by atoms with Gasteiger partial charge in [-0.05, 0) is 24.6 Å². The van der Waals surface area contributed by atoms with Crippen LogP contribution in [-0.2, 0) is 6.61 Å². The lowest BCUT2D eigenvalue weighted by molar-refractivity contribution is 0.280. The zero-order chi connectivity index (χ0) is 9.26. The quantitative estimate of drug-likeness (QED) is 0.715. The normalized spacial score (nSPS) is 10.6. The molecule has 0 aliphatic carbocycles. The maximum atomic E-state index is 9.04. The summed E-state index contributed by atoms with van der Waals surface area (Å²) in [5.41, 5.74) is 2.79. The van der Waals surface area contributed by atoms with Gasteiger partial charge in [-0.15, -0.1) is 0 Å². The zero-order valence-electron chi connectivity index (χ0n) is 7.49. The SMILES string of the molecule is Cc1nc2ccccc2cc1CO. The third kappa shape index (κ3) is 1.40. The first-order valence-corrected chi connectivity index (χ1v) is 4.27. The summed E-state index contributed by atoms with van der Waals surface area (Å²) in [5.74, 6) is 0. The highest BCUT2D eigenvalue weighted by atomic mass is 16.3. The Morgan fingerprint density at radius 3 is 2.85 bits per heavy atom. The molecule has 0 atom stereocenters. The monoisotopic (exact) mass is 173 g/mol. The van der Waals surface area contributed by atoms with Crippen LogP contribution >= 0.6 is 0 Å². The molecule has 0 spiro atoms. The Morgan fingerprint density at radius 1 is 1.31 bits per heavy atom. The predicted molar refractivity (Wildman–Crippen MR) is 52.4 cm³/mol. The van der Waals surface area contributed by atoms with Gasteiger partial charge in [-0.25, -0.2) is 0 Å². The maximum Gasteiger partial charge on any atom is 0.0705 e. The lowest BCUT2D eigenvalue weighted by Gasteiger charge is -2.03. The van der Waals surface area contributed by atoms with Crippen molar-refractivity contribution in [3.8, 4) is 0 Å². The molecule has 66 valence electrons. The number of fused-ring (bicyclic) bond motifs is 1. The first kappa shape index (κ1) is 8.20. The molecular formula is C11H11NO. The van der Waals surface area contributed by atoms with Gasteiger partial charge in [-0.3, -0.25) is 4.98 Å². The Kier molecular flexibility index (Phi) is 1.99. The van der Waals surface area contributed by atoms with E-state index in [0.29, 0.717) is 0 Å². The van der Waals surface area contributed by atoms with Crippen LogP contribution in [0.1, 0.15) is 11.3 Å². The van der Waals surface area contributed by atoms with Gasteiger partial charge in [0.15, 0.2) is 0 Å². The molecule has 2 rings (SSSR count). The van der Waals surface area contributed by atoms with Crippen LogP contribution in [0, 0.1) is 6.92 Å². The number of hydrogen-bond acceptors (Lipinski definition) is 2. The molecule has 1 aromatic heterocycles. The van der Waals surface area contributed by atoms with Gasteiger partial charge in [0.1, 0.15) is 0 Å². The van der Waals surface area contributed by atoms with Gasteiger partial charge in [0.2, 0.25) is 0 Å². The van der Waals surface area contributed by atoms with Crippen molar-refractivity contribution in [2.45, 2.75) is 13.5 Å². The van der Waals surface area contributed by atoms with Crippen LogP contribution in [0.25, 0.3) is 10.9 Å². The Labute approximate surface area is 76.9 Å². The molecule has 13 heavy (non-hydrogen) atoms. The summed E-state index contributed by atoms with van der Waals surface area (Å²) in [4.78, 5) is 4.39. The molecule has 0 radical (unpaired) electrons. The zero-order valence-corrected chi connectivity index (χ0v) is 7.49. The number of rotatable bonds is 1. The second kappa shape index (κ2) is 3.15. The summed E-state index contributed by atoms with van der Waals surface area (Å²) in [6.45, 7) is 1.97. The van der Waals surface area contributed by atoms with Gasteiger partial charge in [-0.1, -0.05) is 18.2 Å². The molecule has 2 nitrogen and oxygen atoms in total. The van der Waals surface area contributed by atoms with Crippen LogP contribution in [0.3, 0.4) is 0 Å². The lowest BCUT2D eigenvalue weighted by Crippen LogP contribution is -1.92. The summed E-state index contributed by atoms with van der Waals surface area (Å²) in [6, 6.07) is 9.90. The van der Waals surface area contributed by atoms with Gasteiger partial charge >= 0.3 is 0 Å². The number of aliphatic hydroxyl groups excluding tert-OH is 1.